The summed E-state index contributed by atoms with van der Waals surface area (Å²) in [5, 5.41) is 5.22. The molecule has 7 nitrogen and oxygen atoms in total. The Hall–Kier alpha value is -3.26. The minimum Gasteiger partial charge on any atom is -0.497 e. The van der Waals surface area contributed by atoms with Gasteiger partial charge in [0.2, 0.25) is 0 Å². The van der Waals surface area contributed by atoms with E-state index < -0.39 is 0 Å². The van der Waals surface area contributed by atoms with Gasteiger partial charge in [0.05, 0.1) is 34.1 Å². The molecule has 2 aromatic carbocycles. The molecule has 0 bridgehead atoms. The molecular formula is C20H20N2O5S. The van der Waals surface area contributed by atoms with Crippen molar-refractivity contribution in [2.24, 2.45) is 0 Å². The van der Waals surface area contributed by atoms with Crippen molar-refractivity contribution in [2.45, 2.75) is 0 Å². The van der Waals surface area contributed by atoms with Crippen LogP contribution in [0.25, 0.3) is 10.6 Å². The summed E-state index contributed by atoms with van der Waals surface area (Å²) < 4.78 is 21.0. The maximum Gasteiger partial charge on any atom is 0.275 e. The molecule has 1 amide bonds. The molecule has 8 heteroatoms. The van der Waals surface area contributed by atoms with Crippen molar-refractivity contribution in [3.05, 3.63) is 47.5 Å². The summed E-state index contributed by atoms with van der Waals surface area (Å²) >= 11 is 1.37. The molecule has 3 rings (SSSR count). The quantitative estimate of drug-likeness (QED) is 0.643. The van der Waals surface area contributed by atoms with Crippen molar-refractivity contribution in [3.8, 4) is 33.6 Å². The van der Waals surface area contributed by atoms with Crippen molar-refractivity contribution in [3.63, 3.8) is 0 Å². The summed E-state index contributed by atoms with van der Waals surface area (Å²) in [5.41, 5.74) is 1.69. The van der Waals surface area contributed by atoms with Gasteiger partial charge in [-0.1, -0.05) is 0 Å². The minimum absolute atomic E-state index is 0.313. The summed E-state index contributed by atoms with van der Waals surface area (Å²) in [6, 6.07) is 10.7. The summed E-state index contributed by atoms with van der Waals surface area (Å²) in [4.78, 5) is 17.0. The predicted molar refractivity (Wildman–Crippen MR) is 108 cm³/mol. The van der Waals surface area contributed by atoms with Crippen molar-refractivity contribution >= 4 is 22.9 Å². The van der Waals surface area contributed by atoms with Gasteiger partial charge in [-0.15, -0.1) is 11.3 Å². The molecule has 0 saturated heterocycles. The molecule has 1 aromatic heterocycles. The maximum atomic E-state index is 12.6. The molecule has 1 heterocycles. The number of methoxy groups -OCH3 is 4. The molecular weight excluding hydrogens is 380 g/mol. The van der Waals surface area contributed by atoms with E-state index in [1.54, 1.807) is 51.0 Å². The largest absolute Gasteiger partial charge is 0.497 e. The second-order valence-electron chi connectivity index (χ2n) is 5.63. The number of carbonyl (C=O) groups is 1. The van der Waals surface area contributed by atoms with Crippen LogP contribution >= 0.6 is 11.3 Å². The minimum atomic E-state index is -0.327. The molecule has 0 spiro atoms. The first-order chi connectivity index (χ1) is 13.6. The highest BCUT2D eigenvalue weighted by Crippen LogP contribution is 2.34. The monoisotopic (exact) mass is 400 g/mol. The highest BCUT2D eigenvalue weighted by atomic mass is 32.1. The Morgan fingerprint density at radius 2 is 1.64 bits per heavy atom. The van der Waals surface area contributed by atoms with Gasteiger partial charge in [0, 0.05) is 17.0 Å². The van der Waals surface area contributed by atoms with Gasteiger partial charge in [-0.05, 0) is 30.3 Å². The van der Waals surface area contributed by atoms with Crippen LogP contribution in [0.1, 0.15) is 10.5 Å². The molecule has 0 unspecified atom stereocenters. The van der Waals surface area contributed by atoms with E-state index in [0.29, 0.717) is 39.4 Å². The molecule has 0 aliphatic heterocycles. The van der Waals surface area contributed by atoms with Crippen molar-refractivity contribution in [1.82, 2.24) is 4.98 Å². The average Bonchev–Trinajstić information content (AvgIpc) is 3.23. The van der Waals surface area contributed by atoms with E-state index in [2.05, 4.69) is 10.3 Å². The molecule has 0 aliphatic rings. The van der Waals surface area contributed by atoms with E-state index in [0.717, 1.165) is 5.56 Å². The summed E-state index contributed by atoms with van der Waals surface area (Å²) in [7, 11) is 6.25. The van der Waals surface area contributed by atoms with Crippen LogP contribution in [0, 0.1) is 0 Å². The predicted octanol–water partition coefficient (Wildman–Crippen LogP) is 4.10. The number of benzene rings is 2. The number of nitrogens with zero attached hydrogens (tertiary/aromatic N) is 1. The van der Waals surface area contributed by atoms with Gasteiger partial charge < -0.3 is 24.3 Å². The Morgan fingerprint density at radius 3 is 2.32 bits per heavy atom. The third kappa shape index (κ3) is 4.01. The third-order valence-electron chi connectivity index (χ3n) is 4.02. The van der Waals surface area contributed by atoms with Crippen LogP contribution in [-0.4, -0.2) is 39.3 Å². The zero-order chi connectivity index (χ0) is 20.1. The van der Waals surface area contributed by atoms with E-state index in [4.69, 9.17) is 18.9 Å². The number of aromatic nitrogens is 1. The lowest BCUT2D eigenvalue weighted by Crippen LogP contribution is -2.13. The normalized spacial score (nSPS) is 10.3. The molecule has 0 saturated carbocycles. The second-order valence-corrected chi connectivity index (χ2v) is 6.49. The molecule has 28 heavy (non-hydrogen) atoms. The average molecular weight is 400 g/mol. The molecule has 0 radical (unpaired) electrons. The molecule has 0 atom stereocenters. The number of hydrogen-bond acceptors (Lipinski definition) is 7. The number of thiazole rings is 1. The number of anilines is 1. The molecule has 3 aromatic rings. The van der Waals surface area contributed by atoms with E-state index in [-0.39, 0.29) is 5.91 Å². The van der Waals surface area contributed by atoms with Crippen LogP contribution < -0.4 is 24.3 Å². The topological polar surface area (TPSA) is 78.9 Å². The van der Waals surface area contributed by atoms with Crippen molar-refractivity contribution < 1.29 is 23.7 Å². The fraction of sp³-hybridized carbons (Fsp3) is 0.200. The van der Waals surface area contributed by atoms with E-state index in [1.165, 1.54) is 18.4 Å². The second kappa shape index (κ2) is 8.62. The van der Waals surface area contributed by atoms with Gasteiger partial charge in [-0.2, -0.15) is 0 Å². The number of carbonyl (C=O) groups excluding carboxylic acids is 1. The molecule has 0 fully saturated rings. The molecule has 146 valence electrons. The van der Waals surface area contributed by atoms with E-state index in [9.17, 15) is 4.79 Å². The summed E-state index contributed by atoms with van der Waals surface area (Å²) in [5.74, 6) is 2.05. The highest BCUT2D eigenvalue weighted by Gasteiger charge is 2.16. The Morgan fingerprint density at radius 1 is 0.893 bits per heavy atom. The fourth-order valence-corrected chi connectivity index (χ4v) is 3.37. The number of rotatable bonds is 7. The van der Waals surface area contributed by atoms with Crippen LogP contribution in [-0.2, 0) is 0 Å². The Labute approximate surface area is 166 Å². The maximum absolute atomic E-state index is 12.6. The van der Waals surface area contributed by atoms with Crippen LogP contribution in [0.5, 0.6) is 23.0 Å². The zero-order valence-electron chi connectivity index (χ0n) is 15.9. The van der Waals surface area contributed by atoms with E-state index in [1.807, 2.05) is 12.1 Å². The lowest BCUT2D eigenvalue weighted by atomic mass is 10.2. The fourth-order valence-electron chi connectivity index (χ4n) is 2.57. The van der Waals surface area contributed by atoms with Gasteiger partial charge >= 0.3 is 0 Å². The van der Waals surface area contributed by atoms with Crippen molar-refractivity contribution in [2.75, 3.05) is 33.8 Å². The van der Waals surface area contributed by atoms with Crippen molar-refractivity contribution in [1.29, 1.82) is 0 Å². The zero-order valence-corrected chi connectivity index (χ0v) is 16.8. The number of ether oxygens (including phenoxy) is 4. The smallest absolute Gasteiger partial charge is 0.275 e. The number of hydrogen-bond donors (Lipinski definition) is 1. The van der Waals surface area contributed by atoms with Crippen LogP contribution in [0.2, 0.25) is 0 Å². The first-order valence-corrected chi connectivity index (χ1v) is 9.19. The van der Waals surface area contributed by atoms with E-state index >= 15 is 0 Å². The Balaban J connectivity index is 1.81. The Bertz CT molecular complexity index is 986. The lowest BCUT2D eigenvalue weighted by molar-refractivity contribution is 0.102. The number of nitrogens with one attached hydrogen (secondary N) is 1. The summed E-state index contributed by atoms with van der Waals surface area (Å²) in [6.07, 6.45) is 0. The van der Waals surface area contributed by atoms with Gasteiger partial charge in [0.15, 0.2) is 11.5 Å². The first-order valence-electron chi connectivity index (χ1n) is 8.31. The third-order valence-corrected chi connectivity index (χ3v) is 4.92. The van der Waals surface area contributed by atoms with Gasteiger partial charge in [-0.3, -0.25) is 4.79 Å². The first kappa shape index (κ1) is 19.5. The lowest BCUT2D eigenvalue weighted by Gasteiger charge is -2.10. The number of amides is 1. The Kier molecular flexibility index (Phi) is 6.00. The van der Waals surface area contributed by atoms with Gasteiger partial charge in [-0.25, -0.2) is 4.98 Å². The van der Waals surface area contributed by atoms with Gasteiger partial charge in [0.25, 0.3) is 5.91 Å². The highest BCUT2D eigenvalue weighted by molar-refractivity contribution is 7.13. The van der Waals surface area contributed by atoms with Gasteiger partial charge in [0.1, 0.15) is 22.2 Å². The standard InChI is InChI=1S/C20H20N2O5S/c1-24-13-6-7-14(17(10-13)26-3)21-19(23)15-11-28-20(22-15)12-5-8-16(25-2)18(9-12)27-4/h5-11H,1-4H3,(H,21,23). The van der Waals surface area contributed by atoms with Crippen LogP contribution in [0.4, 0.5) is 5.69 Å². The van der Waals surface area contributed by atoms with Crippen LogP contribution in [0.3, 0.4) is 0 Å². The molecule has 1 N–H and O–H groups in total. The summed E-state index contributed by atoms with van der Waals surface area (Å²) in [6.45, 7) is 0. The SMILES string of the molecule is COc1ccc(NC(=O)c2csc(-c3ccc(OC)c(OC)c3)n2)c(OC)c1. The van der Waals surface area contributed by atoms with Crippen LogP contribution in [0.15, 0.2) is 41.8 Å². The molecule has 0 aliphatic carbocycles.